The number of rotatable bonds is 5. The molecule has 1 heterocycles. The average Bonchev–Trinajstić information content (AvgIpc) is 2.67. The molecule has 0 fully saturated rings. The smallest absolute Gasteiger partial charge is 0.323 e. The van der Waals surface area contributed by atoms with Crippen LogP contribution in [0, 0.1) is 12.1 Å². The minimum absolute atomic E-state index is 0.281. The van der Waals surface area contributed by atoms with Gasteiger partial charge >= 0.3 is 6.03 Å². The lowest BCUT2D eigenvalue weighted by Crippen LogP contribution is -2.27. The highest BCUT2D eigenvalue weighted by molar-refractivity contribution is 5.99. The minimum atomic E-state index is -0.345. The van der Waals surface area contributed by atoms with Gasteiger partial charge in [0.1, 0.15) is 0 Å². The van der Waals surface area contributed by atoms with Crippen LogP contribution in [-0.2, 0) is 6.54 Å². The van der Waals surface area contributed by atoms with Crippen molar-refractivity contribution in [2.45, 2.75) is 13.5 Å². The van der Waals surface area contributed by atoms with Crippen LogP contribution in [0.1, 0.15) is 21.5 Å². The Morgan fingerprint density at radius 2 is 1.57 bits per heavy atom. The number of carbonyl (C=O) groups excluding carboxylic acids is 2. The van der Waals surface area contributed by atoms with Crippen LogP contribution in [0.25, 0.3) is 0 Å². The summed E-state index contributed by atoms with van der Waals surface area (Å²) in [6.45, 7) is 2.24. The predicted octanol–water partition coefficient (Wildman–Crippen LogP) is 3.20. The lowest BCUT2D eigenvalue weighted by Gasteiger charge is -2.10. The largest absolute Gasteiger partial charge is 0.619 e. The summed E-state index contributed by atoms with van der Waals surface area (Å²) < 4.78 is 0.619. The van der Waals surface area contributed by atoms with Crippen LogP contribution in [0.5, 0.6) is 0 Å². The van der Waals surface area contributed by atoms with E-state index in [1.807, 2.05) is 37.3 Å². The van der Waals surface area contributed by atoms with Crippen LogP contribution >= 0.6 is 0 Å². The van der Waals surface area contributed by atoms with Crippen molar-refractivity contribution in [3.63, 3.8) is 0 Å². The van der Waals surface area contributed by atoms with Crippen LogP contribution in [0.4, 0.5) is 16.2 Å². The number of urea groups is 1. The van der Waals surface area contributed by atoms with Crippen LogP contribution in [-0.4, -0.2) is 11.9 Å². The molecule has 2 aromatic carbocycles. The van der Waals surface area contributed by atoms with Gasteiger partial charge in [0.15, 0.2) is 12.4 Å². The fourth-order valence-corrected chi connectivity index (χ4v) is 2.62. The first-order chi connectivity index (χ1) is 13.5. The SMILES string of the molecule is Cc1cccc(NC(=O)Nc2cccc(CNC(=O)c3cc[n+]([O-])cc3)c2)c1. The van der Waals surface area contributed by atoms with Gasteiger partial charge in [-0.25, -0.2) is 4.79 Å². The molecule has 7 nitrogen and oxygen atoms in total. The van der Waals surface area contributed by atoms with E-state index >= 15 is 0 Å². The molecule has 0 aliphatic heterocycles. The zero-order valence-electron chi connectivity index (χ0n) is 15.3. The quantitative estimate of drug-likeness (QED) is 0.471. The number of pyridine rings is 1. The number of amides is 3. The van der Waals surface area contributed by atoms with Gasteiger partial charge in [-0.3, -0.25) is 4.79 Å². The minimum Gasteiger partial charge on any atom is -0.619 e. The van der Waals surface area contributed by atoms with E-state index in [0.717, 1.165) is 11.1 Å². The predicted molar refractivity (Wildman–Crippen MR) is 107 cm³/mol. The molecule has 0 atom stereocenters. The van der Waals surface area contributed by atoms with Crippen molar-refractivity contribution < 1.29 is 14.3 Å². The molecule has 3 aromatic rings. The molecule has 3 N–H and O–H groups in total. The van der Waals surface area contributed by atoms with Crippen molar-refractivity contribution in [1.29, 1.82) is 0 Å². The molecule has 1 aromatic heterocycles. The third-order valence-corrected chi connectivity index (χ3v) is 3.98. The normalized spacial score (nSPS) is 10.2. The molecule has 0 radical (unpaired) electrons. The average molecular weight is 376 g/mol. The second kappa shape index (κ2) is 8.68. The summed E-state index contributed by atoms with van der Waals surface area (Å²) >= 11 is 0. The van der Waals surface area contributed by atoms with E-state index in [1.165, 1.54) is 24.5 Å². The Bertz CT molecular complexity index is 987. The van der Waals surface area contributed by atoms with Crippen LogP contribution in [0.15, 0.2) is 73.1 Å². The fourth-order valence-electron chi connectivity index (χ4n) is 2.62. The Labute approximate surface area is 162 Å². The molecule has 28 heavy (non-hydrogen) atoms. The van der Waals surface area contributed by atoms with Gasteiger partial charge in [-0.1, -0.05) is 24.3 Å². The maximum atomic E-state index is 12.2. The molecule has 7 heteroatoms. The molecule has 0 aliphatic carbocycles. The number of hydrogen-bond acceptors (Lipinski definition) is 3. The standard InChI is InChI=1S/C21H20N4O3/c1-15-4-2-6-18(12-15)23-21(27)24-19-7-3-5-16(13-19)14-22-20(26)17-8-10-25(28)11-9-17/h2-13H,14H2,1H3,(H,22,26)(H2,23,24,27). The molecule has 0 aliphatic rings. The Morgan fingerprint density at radius 3 is 2.25 bits per heavy atom. The Morgan fingerprint density at radius 1 is 0.929 bits per heavy atom. The van der Waals surface area contributed by atoms with E-state index in [0.29, 0.717) is 28.2 Å². The topological polar surface area (TPSA) is 97.2 Å². The number of nitrogens with zero attached hydrogens (tertiary/aromatic N) is 1. The van der Waals surface area contributed by atoms with Gasteiger partial charge in [0, 0.05) is 30.1 Å². The van der Waals surface area contributed by atoms with E-state index in [4.69, 9.17) is 0 Å². The van der Waals surface area contributed by atoms with Gasteiger partial charge < -0.3 is 21.2 Å². The lowest BCUT2D eigenvalue weighted by atomic mass is 10.2. The fraction of sp³-hybridized carbons (Fsp3) is 0.0952. The number of carbonyl (C=O) groups is 2. The number of aromatic nitrogens is 1. The number of anilines is 2. The summed E-state index contributed by atoms with van der Waals surface area (Å²) in [5.74, 6) is -0.281. The van der Waals surface area contributed by atoms with E-state index in [2.05, 4.69) is 16.0 Å². The van der Waals surface area contributed by atoms with Crippen molar-refractivity contribution in [3.8, 4) is 0 Å². The monoisotopic (exact) mass is 376 g/mol. The van der Waals surface area contributed by atoms with Crippen LogP contribution in [0.3, 0.4) is 0 Å². The third kappa shape index (κ3) is 5.31. The first-order valence-electron chi connectivity index (χ1n) is 8.70. The second-order valence-corrected chi connectivity index (χ2v) is 6.28. The first kappa shape index (κ1) is 18.9. The molecule has 0 saturated carbocycles. The van der Waals surface area contributed by atoms with Crippen LogP contribution < -0.4 is 20.7 Å². The maximum absolute atomic E-state index is 12.2. The molecule has 0 bridgehead atoms. The molecule has 142 valence electrons. The number of benzene rings is 2. The lowest BCUT2D eigenvalue weighted by molar-refractivity contribution is -0.605. The number of hydrogen-bond donors (Lipinski definition) is 3. The Kier molecular flexibility index (Phi) is 5.86. The van der Waals surface area contributed by atoms with Crippen molar-refractivity contribution in [2.75, 3.05) is 10.6 Å². The van der Waals surface area contributed by atoms with E-state index in [1.54, 1.807) is 18.2 Å². The number of nitrogens with one attached hydrogen (secondary N) is 3. The summed E-state index contributed by atoms with van der Waals surface area (Å²) in [4.78, 5) is 24.3. The highest BCUT2D eigenvalue weighted by Gasteiger charge is 2.07. The van der Waals surface area contributed by atoms with E-state index in [-0.39, 0.29) is 11.9 Å². The van der Waals surface area contributed by atoms with E-state index < -0.39 is 0 Å². The molecular weight excluding hydrogens is 356 g/mol. The summed E-state index contributed by atoms with van der Waals surface area (Å²) in [5, 5.41) is 19.4. The van der Waals surface area contributed by atoms with Gasteiger partial charge in [-0.15, -0.1) is 0 Å². The van der Waals surface area contributed by atoms with Gasteiger partial charge in [0.25, 0.3) is 5.91 Å². The van der Waals surface area contributed by atoms with Crippen molar-refractivity contribution in [2.24, 2.45) is 0 Å². The van der Waals surface area contributed by atoms with Crippen molar-refractivity contribution in [1.82, 2.24) is 5.32 Å². The summed E-state index contributed by atoms with van der Waals surface area (Å²) in [6, 6.07) is 17.3. The number of aryl methyl sites for hydroxylation is 1. The Balaban J connectivity index is 1.56. The molecule has 0 spiro atoms. The first-order valence-corrected chi connectivity index (χ1v) is 8.70. The summed E-state index contributed by atoms with van der Waals surface area (Å²) in [7, 11) is 0. The molecule has 3 rings (SSSR count). The maximum Gasteiger partial charge on any atom is 0.323 e. The molecule has 3 amide bonds. The van der Waals surface area contributed by atoms with Crippen molar-refractivity contribution >= 4 is 23.3 Å². The van der Waals surface area contributed by atoms with Gasteiger partial charge in [0.2, 0.25) is 0 Å². The third-order valence-electron chi connectivity index (χ3n) is 3.98. The highest BCUT2D eigenvalue weighted by atomic mass is 16.5. The summed E-state index contributed by atoms with van der Waals surface area (Å²) in [6.07, 6.45) is 2.54. The Hall–Kier alpha value is -3.87. The zero-order chi connectivity index (χ0) is 19.9. The van der Waals surface area contributed by atoms with Gasteiger partial charge in [-0.05, 0) is 42.3 Å². The highest BCUT2D eigenvalue weighted by Crippen LogP contribution is 2.13. The van der Waals surface area contributed by atoms with Gasteiger partial charge in [0.05, 0.1) is 5.56 Å². The van der Waals surface area contributed by atoms with Crippen molar-refractivity contribution in [3.05, 3.63) is 95.0 Å². The molecule has 0 saturated heterocycles. The summed E-state index contributed by atoms with van der Waals surface area (Å²) in [5.41, 5.74) is 3.61. The molecule has 0 unspecified atom stereocenters. The van der Waals surface area contributed by atoms with Gasteiger partial charge in [-0.2, -0.15) is 4.73 Å². The van der Waals surface area contributed by atoms with E-state index in [9.17, 15) is 14.8 Å². The zero-order valence-corrected chi connectivity index (χ0v) is 15.3. The second-order valence-electron chi connectivity index (χ2n) is 6.28. The molecular formula is C21H20N4O3. The van der Waals surface area contributed by atoms with Crippen LogP contribution in [0.2, 0.25) is 0 Å².